The largest absolute Gasteiger partial charge is 0.328 e. The van der Waals surface area contributed by atoms with Crippen LogP contribution in [0.1, 0.15) is 44.9 Å². The molecule has 0 aliphatic carbocycles. The van der Waals surface area contributed by atoms with Gasteiger partial charge in [0.05, 0.1) is 17.5 Å². The summed E-state index contributed by atoms with van der Waals surface area (Å²) in [5, 5.41) is 10.8. The van der Waals surface area contributed by atoms with Crippen molar-refractivity contribution in [1.82, 2.24) is 19.7 Å². The van der Waals surface area contributed by atoms with Gasteiger partial charge in [0.15, 0.2) is 5.82 Å². The lowest BCUT2D eigenvalue weighted by Gasteiger charge is -2.28. The van der Waals surface area contributed by atoms with Crippen LogP contribution < -0.4 is 10.6 Å². The SMILES string of the molecule is CC1=C(C(=O)Nc2cccnc2)C(c2ccccc2F)n2nc(-c3ccc(C(C)(C)C)cc3)nc2N1. The number of hydrogen-bond acceptors (Lipinski definition) is 5. The van der Waals surface area contributed by atoms with Crippen LogP contribution >= 0.6 is 0 Å². The molecule has 0 spiro atoms. The fourth-order valence-corrected chi connectivity index (χ4v) is 4.31. The van der Waals surface area contributed by atoms with Gasteiger partial charge in [0.1, 0.15) is 11.9 Å². The molecule has 4 aromatic rings. The van der Waals surface area contributed by atoms with E-state index in [0.29, 0.717) is 34.3 Å². The Bertz CT molecular complexity index is 1450. The Balaban J connectivity index is 1.58. The standard InChI is InChI=1S/C28H27FN6O/c1-17-23(26(36)32-20-8-7-15-30-16-20)24(21-9-5-6-10-22(21)29)35-27(31-17)33-25(34-35)18-11-13-19(14-12-18)28(2,3)4/h5-16,24H,1-4H3,(H,32,36)(H,31,33,34). The van der Waals surface area contributed by atoms with Crippen molar-refractivity contribution in [1.29, 1.82) is 0 Å². The van der Waals surface area contributed by atoms with Crippen molar-refractivity contribution < 1.29 is 9.18 Å². The van der Waals surface area contributed by atoms with Gasteiger partial charge in [0.2, 0.25) is 5.95 Å². The van der Waals surface area contributed by atoms with Gasteiger partial charge in [-0.15, -0.1) is 5.10 Å². The van der Waals surface area contributed by atoms with Crippen molar-refractivity contribution >= 4 is 17.5 Å². The summed E-state index contributed by atoms with van der Waals surface area (Å²) >= 11 is 0. The predicted octanol–water partition coefficient (Wildman–Crippen LogP) is 5.70. The molecule has 182 valence electrons. The van der Waals surface area contributed by atoms with Crippen molar-refractivity contribution in [3.8, 4) is 11.4 Å². The summed E-state index contributed by atoms with van der Waals surface area (Å²) in [5.41, 5.74) is 3.83. The summed E-state index contributed by atoms with van der Waals surface area (Å²) in [4.78, 5) is 22.2. The molecule has 2 N–H and O–H groups in total. The molecule has 0 bridgehead atoms. The van der Waals surface area contributed by atoms with E-state index in [1.807, 2.05) is 12.1 Å². The number of pyridine rings is 1. The quantitative estimate of drug-likeness (QED) is 0.390. The molecule has 36 heavy (non-hydrogen) atoms. The number of carbonyl (C=O) groups is 1. The summed E-state index contributed by atoms with van der Waals surface area (Å²) in [6.07, 6.45) is 3.18. The number of nitrogens with one attached hydrogen (secondary N) is 2. The summed E-state index contributed by atoms with van der Waals surface area (Å²) < 4.78 is 16.7. The zero-order chi connectivity index (χ0) is 25.4. The molecule has 1 amide bonds. The van der Waals surface area contributed by atoms with Gasteiger partial charge >= 0.3 is 0 Å². The predicted molar refractivity (Wildman–Crippen MR) is 138 cm³/mol. The molecule has 2 aromatic heterocycles. The van der Waals surface area contributed by atoms with E-state index < -0.39 is 11.9 Å². The molecule has 5 rings (SSSR count). The number of aromatic nitrogens is 4. The zero-order valence-electron chi connectivity index (χ0n) is 20.6. The minimum absolute atomic E-state index is 0.0223. The Labute approximate surface area is 209 Å². The number of halogens is 1. The number of benzene rings is 2. The summed E-state index contributed by atoms with van der Waals surface area (Å²) in [6.45, 7) is 8.25. The highest BCUT2D eigenvalue weighted by Crippen LogP contribution is 2.38. The maximum Gasteiger partial charge on any atom is 0.255 e. The van der Waals surface area contributed by atoms with Crippen LogP contribution in [0.3, 0.4) is 0 Å². The molecular weight excluding hydrogens is 455 g/mol. The van der Waals surface area contributed by atoms with Gasteiger partial charge < -0.3 is 10.6 Å². The van der Waals surface area contributed by atoms with Gasteiger partial charge in [0, 0.05) is 23.0 Å². The molecule has 7 nitrogen and oxygen atoms in total. The highest BCUT2D eigenvalue weighted by atomic mass is 19.1. The monoisotopic (exact) mass is 482 g/mol. The Kier molecular flexibility index (Phi) is 5.88. The van der Waals surface area contributed by atoms with Gasteiger partial charge in [-0.2, -0.15) is 4.98 Å². The normalized spacial score (nSPS) is 15.3. The van der Waals surface area contributed by atoms with Crippen LogP contribution in [-0.4, -0.2) is 25.7 Å². The fraction of sp³-hybridized carbons (Fsp3) is 0.214. The lowest BCUT2D eigenvalue weighted by atomic mass is 9.87. The van der Waals surface area contributed by atoms with E-state index in [0.717, 1.165) is 5.56 Å². The van der Waals surface area contributed by atoms with E-state index in [9.17, 15) is 4.79 Å². The van der Waals surface area contributed by atoms with Gasteiger partial charge in [0.25, 0.3) is 5.91 Å². The second-order valence-corrected chi connectivity index (χ2v) is 9.81. The lowest BCUT2D eigenvalue weighted by Crippen LogP contribution is -2.32. The zero-order valence-corrected chi connectivity index (χ0v) is 20.6. The summed E-state index contributed by atoms with van der Waals surface area (Å²) in [5.74, 6) is 0.120. The Morgan fingerprint density at radius 3 is 2.47 bits per heavy atom. The highest BCUT2D eigenvalue weighted by molar-refractivity contribution is 6.06. The van der Waals surface area contributed by atoms with Crippen molar-refractivity contribution in [2.75, 3.05) is 10.6 Å². The number of amides is 1. The van der Waals surface area contributed by atoms with Crippen LogP contribution in [0.4, 0.5) is 16.0 Å². The third kappa shape index (κ3) is 4.37. The van der Waals surface area contributed by atoms with E-state index in [4.69, 9.17) is 5.10 Å². The van der Waals surface area contributed by atoms with Crippen LogP contribution in [-0.2, 0) is 10.2 Å². The number of carbonyl (C=O) groups excluding carboxylic acids is 1. The minimum Gasteiger partial charge on any atom is -0.328 e. The van der Waals surface area contributed by atoms with Crippen molar-refractivity contribution in [2.45, 2.75) is 39.2 Å². The third-order valence-electron chi connectivity index (χ3n) is 6.23. The second kappa shape index (κ2) is 9.03. The lowest BCUT2D eigenvalue weighted by molar-refractivity contribution is -0.113. The maximum absolute atomic E-state index is 15.1. The first kappa shape index (κ1) is 23.4. The molecule has 2 aromatic carbocycles. The van der Waals surface area contributed by atoms with E-state index in [1.165, 1.54) is 11.6 Å². The summed E-state index contributed by atoms with van der Waals surface area (Å²) in [6, 6.07) is 17.2. The van der Waals surface area contributed by atoms with E-state index in [1.54, 1.807) is 54.3 Å². The molecule has 0 radical (unpaired) electrons. The first-order valence-electron chi connectivity index (χ1n) is 11.7. The van der Waals surface area contributed by atoms with Gasteiger partial charge in [-0.05, 0) is 36.1 Å². The van der Waals surface area contributed by atoms with Crippen molar-refractivity contribution in [3.63, 3.8) is 0 Å². The fourth-order valence-electron chi connectivity index (χ4n) is 4.31. The molecule has 0 saturated carbocycles. The smallest absolute Gasteiger partial charge is 0.255 e. The third-order valence-corrected chi connectivity index (χ3v) is 6.23. The van der Waals surface area contributed by atoms with Gasteiger partial charge in [-0.3, -0.25) is 9.78 Å². The van der Waals surface area contributed by atoms with Crippen LogP contribution in [0.2, 0.25) is 0 Å². The number of fused-ring (bicyclic) bond motifs is 1. The molecule has 1 aliphatic rings. The van der Waals surface area contributed by atoms with Crippen molar-refractivity contribution in [3.05, 3.63) is 101 Å². The average molecular weight is 483 g/mol. The second-order valence-electron chi connectivity index (χ2n) is 9.81. The maximum atomic E-state index is 15.1. The topological polar surface area (TPSA) is 84.7 Å². The molecule has 0 saturated heterocycles. The molecule has 1 unspecified atom stereocenters. The van der Waals surface area contributed by atoms with E-state index in [2.05, 4.69) is 53.5 Å². The van der Waals surface area contributed by atoms with E-state index in [-0.39, 0.29) is 11.3 Å². The molecule has 8 heteroatoms. The molecule has 3 heterocycles. The first-order valence-corrected chi connectivity index (χ1v) is 11.7. The number of hydrogen-bond donors (Lipinski definition) is 2. The number of allylic oxidation sites excluding steroid dienone is 1. The number of nitrogens with zero attached hydrogens (tertiary/aromatic N) is 4. The molecular formula is C28H27FN6O. The average Bonchev–Trinajstić information content (AvgIpc) is 3.27. The Hall–Kier alpha value is -4.33. The van der Waals surface area contributed by atoms with Crippen LogP contribution in [0.15, 0.2) is 84.3 Å². The Morgan fingerprint density at radius 2 is 1.81 bits per heavy atom. The highest BCUT2D eigenvalue weighted by Gasteiger charge is 2.36. The minimum atomic E-state index is -0.811. The van der Waals surface area contributed by atoms with Gasteiger partial charge in [-0.1, -0.05) is 63.2 Å². The van der Waals surface area contributed by atoms with Crippen LogP contribution in [0.5, 0.6) is 0 Å². The van der Waals surface area contributed by atoms with Crippen LogP contribution in [0.25, 0.3) is 11.4 Å². The number of rotatable bonds is 4. The Morgan fingerprint density at radius 1 is 1.06 bits per heavy atom. The molecule has 1 aliphatic heterocycles. The molecule has 0 fully saturated rings. The van der Waals surface area contributed by atoms with Gasteiger partial charge in [-0.25, -0.2) is 9.07 Å². The summed E-state index contributed by atoms with van der Waals surface area (Å²) in [7, 11) is 0. The van der Waals surface area contributed by atoms with E-state index >= 15 is 4.39 Å². The first-order chi connectivity index (χ1) is 17.2. The molecule has 1 atom stereocenters. The number of anilines is 2. The van der Waals surface area contributed by atoms with Crippen molar-refractivity contribution in [2.24, 2.45) is 0 Å². The van der Waals surface area contributed by atoms with Crippen LogP contribution in [0, 0.1) is 5.82 Å².